The highest BCUT2D eigenvalue weighted by atomic mass is 32.2. The van der Waals surface area contributed by atoms with Crippen LogP contribution in [0.1, 0.15) is 13.3 Å². The minimum absolute atomic E-state index is 0.0819. The highest BCUT2D eigenvalue weighted by Crippen LogP contribution is 2.02. The maximum Gasteiger partial charge on any atom is 0.314 e. The van der Waals surface area contributed by atoms with Crippen molar-refractivity contribution in [2.45, 2.75) is 25.6 Å². The fraction of sp³-hybridized carbons (Fsp3) is 0.833. The van der Waals surface area contributed by atoms with Crippen molar-refractivity contribution in [1.29, 1.82) is 0 Å². The highest BCUT2D eigenvalue weighted by Gasteiger charge is 2.19. The van der Waals surface area contributed by atoms with Crippen LogP contribution in [0, 0.1) is 0 Å². The molecule has 0 saturated carbocycles. The molecule has 7 heteroatoms. The molecule has 2 atom stereocenters. The van der Waals surface area contributed by atoms with Gasteiger partial charge in [-0.1, -0.05) is 0 Å². The zero-order valence-corrected chi connectivity index (χ0v) is 7.90. The third-order valence-corrected chi connectivity index (χ3v) is 2.36. The molecule has 0 radical (unpaired) electrons. The SMILES string of the molecule is CC(O)CC(O)CS(=O)(=O)OC=O. The predicted molar refractivity (Wildman–Crippen MR) is 43.2 cm³/mol. The number of rotatable bonds is 6. The van der Waals surface area contributed by atoms with E-state index in [0.29, 0.717) is 0 Å². The van der Waals surface area contributed by atoms with E-state index in [4.69, 9.17) is 10.2 Å². The number of hydrogen-bond acceptors (Lipinski definition) is 6. The van der Waals surface area contributed by atoms with Crippen molar-refractivity contribution in [3.63, 3.8) is 0 Å². The predicted octanol–water partition coefficient (Wildman–Crippen LogP) is -1.38. The summed E-state index contributed by atoms with van der Waals surface area (Å²) in [5.41, 5.74) is 0. The molecule has 2 unspecified atom stereocenters. The van der Waals surface area contributed by atoms with Gasteiger partial charge in [-0.25, -0.2) is 0 Å². The van der Waals surface area contributed by atoms with Crippen molar-refractivity contribution >= 4 is 16.6 Å². The summed E-state index contributed by atoms with van der Waals surface area (Å²) in [7, 11) is -4.01. The van der Waals surface area contributed by atoms with Crippen LogP contribution in [0.15, 0.2) is 0 Å². The van der Waals surface area contributed by atoms with Crippen LogP contribution in [0.3, 0.4) is 0 Å². The Kier molecular flexibility index (Phi) is 4.89. The Bertz CT molecular complexity index is 244. The molecule has 0 bridgehead atoms. The van der Waals surface area contributed by atoms with Crippen LogP contribution in [-0.2, 0) is 19.1 Å². The molecule has 0 aromatic rings. The van der Waals surface area contributed by atoms with E-state index in [9.17, 15) is 13.2 Å². The summed E-state index contributed by atoms with van der Waals surface area (Å²) in [5, 5.41) is 17.8. The Morgan fingerprint density at radius 2 is 2.00 bits per heavy atom. The summed E-state index contributed by atoms with van der Waals surface area (Å²) in [6, 6.07) is 0. The number of aliphatic hydroxyl groups excluding tert-OH is 2. The van der Waals surface area contributed by atoms with Gasteiger partial charge in [0.05, 0.1) is 12.2 Å². The van der Waals surface area contributed by atoms with Crippen molar-refractivity contribution in [2.75, 3.05) is 5.75 Å². The molecule has 0 aliphatic heterocycles. The van der Waals surface area contributed by atoms with Crippen LogP contribution in [-0.4, -0.2) is 43.1 Å². The maximum absolute atomic E-state index is 10.7. The second kappa shape index (κ2) is 5.15. The van der Waals surface area contributed by atoms with Crippen molar-refractivity contribution < 1.29 is 27.6 Å². The smallest absolute Gasteiger partial charge is 0.314 e. The number of aliphatic hydroxyl groups is 2. The number of carbonyl (C=O) groups is 1. The van der Waals surface area contributed by atoms with E-state index in [2.05, 4.69) is 4.18 Å². The first kappa shape index (κ1) is 12.3. The van der Waals surface area contributed by atoms with Gasteiger partial charge in [0.1, 0.15) is 5.75 Å². The second-order valence-electron chi connectivity index (χ2n) is 2.66. The molecule has 0 rings (SSSR count). The Morgan fingerprint density at radius 1 is 1.46 bits per heavy atom. The van der Waals surface area contributed by atoms with Gasteiger partial charge in [-0.15, -0.1) is 0 Å². The average Bonchev–Trinajstić information content (AvgIpc) is 1.81. The lowest BCUT2D eigenvalue weighted by Gasteiger charge is -2.10. The molecule has 0 aliphatic rings. The molecule has 0 fully saturated rings. The van der Waals surface area contributed by atoms with Gasteiger partial charge in [0.2, 0.25) is 0 Å². The molecule has 0 aromatic carbocycles. The Hall–Kier alpha value is -0.660. The summed E-state index contributed by atoms with van der Waals surface area (Å²) in [4.78, 5) is 9.69. The lowest BCUT2D eigenvalue weighted by atomic mass is 10.2. The third kappa shape index (κ3) is 6.50. The average molecular weight is 212 g/mol. The van der Waals surface area contributed by atoms with Crippen molar-refractivity contribution in [2.24, 2.45) is 0 Å². The van der Waals surface area contributed by atoms with Gasteiger partial charge < -0.3 is 14.4 Å². The van der Waals surface area contributed by atoms with Crippen molar-refractivity contribution in [3.05, 3.63) is 0 Å². The Balaban J connectivity index is 4.04. The molecule has 0 aromatic heterocycles. The van der Waals surface area contributed by atoms with Crippen LogP contribution in [0.25, 0.3) is 0 Å². The lowest BCUT2D eigenvalue weighted by Crippen LogP contribution is -2.25. The monoisotopic (exact) mass is 212 g/mol. The molecule has 0 aliphatic carbocycles. The van der Waals surface area contributed by atoms with Crippen LogP contribution in [0.4, 0.5) is 0 Å². The minimum atomic E-state index is -4.01. The first-order chi connectivity index (χ1) is 5.87. The summed E-state index contributed by atoms with van der Waals surface area (Å²) in [5.74, 6) is -0.698. The summed E-state index contributed by atoms with van der Waals surface area (Å²) in [6.07, 6.45) is -2.12. The molecular formula is C6H12O6S. The summed E-state index contributed by atoms with van der Waals surface area (Å²) in [6.45, 7) is 1.20. The van der Waals surface area contributed by atoms with Crippen LogP contribution < -0.4 is 0 Å². The van der Waals surface area contributed by atoms with Crippen LogP contribution in [0.2, 0.25) is 0 Å². The Labute approximate surface area is 76.3 Å². The molecule has 0 amide bonds. The minimum Gasteiger partial charge on any atom is -0.393 e. The van der Waals surface area contributed by atoms with E-state index in [1.54, 1.807) is 0 Å². The number of carbonyl (C=O) groups excluding carboxylic acids is 1. The molecule has 2 N–H and O–H groups in total. The normalized spacial score (nSPS) is 16.2. The quantitative estimate of drug-likeness (QED) is 0.415. The zero-order chi connectivity index (χ0) is 10.5. The van der Waals surface area contributed by atoms with Crippen molar-refractivity contribution in [1.82, 2.24) is 0 Å². The molecule has 13 heavy (non-hydrogen) atoms. The van der Waals surface area contributed by atoms with Gasteiger partial charge in [0, 0.05) is 6.42 Å². The van der Waals surface area contributed by atoms with Gasteiger partial charge in [0.25, 0.3) is 0 Å². The first-order valence-corrected chi connectivity index (χ1v) is 5.16. The van der Waals surface area contributed by atoms with E-state index >= 15 is 0 Å². The molecule has 0 heterocycles. The second-order valence-corrected chi connectivity index (χ2v) is 4.30. The van der Waals surface area contributed by atoms with Gasteiger partial charge in [-0.2, -0.15) is 8.42 Å². The zero-order valence-electron chi connectivity index (χ0n) is 7.08. The summed E-state index contributed by atoms with van der Waals surface area (Å²) >= 11 is 0. The standard InChI is InChI=1S/C6H12O6S/c1-5(8)2-6(9)3-13(10,11)12-4-7/h4-6,8-9H,2-3H2,1H3. The first-order valence-electron chi connectivity index (χ1n) is 3.58. The molecule has 0 saturated heterocycles. The third-order valence-electron chi connectivity index (χ3n) is 1.20. The molecule has 78 valence electrons. The molecule has 0 spiro atoms. The van der Waals surface area contributed by atoms with E-state index in [1.165, 1.54) is 6.92 Å². The number of hydrogen-bond donors (Lipinski definition) is 2. The van der Waals surface area contributed by atoms with Gasteiger partial charge in [0.15, 0.2) is 0 Å². The van der Waals surface area contributed by atoms with Crippen LogP contribution >= 0.6 is 0 Å². The van der Waals surface area contributed by atoms with E-state index in [1.807, 2.05) is 0 Å². The van der Waals surface area contributed by atoms with Crippen LogP contribution in [0.5, 0.6) is 0 Å². The van der Waals surface area contributed by atoms with Gasteiger partial charge >= 0.3 is 16.6 Å². The topological polar surface area (TPSA) is 101 Å². The lowest BCUT2D eigenvalue weighted by molar-refractivity contribution is -0.120. The van der Waals surface area contributed by atoms with E-state index < -0.39 is 28.1 Å². The molecular weight excluding hydrogens is 200 g/mol. The van der Waals surface area contributed by atoms with E-state index in [0.717, 1.165) is 0 Å². The summed E-state index contributed by atoms with van der Waals surface area (Å²) < 4.78 is 25.2. The molecule has 6 nitrogen and oxygen atoms in total. The fourth-order valence-corrected chi connectivity index (χ4v) is 1.60. The highest BCUT2D eigenvalue weighted by molar-refractivity contribution is 7.87. The largest absolute Gasteiger partial charge is 0.393 e. The van der Waals surface area contributed by atoms with E-state index in [-0.39, 0.29) is 12.9 Å². The van der Waals surface area contributed by atoms with Crippen molar-refractivity contribution in [3.8, 4) is 0 Å². The Morgan fingerprint density at radius 3 is 2.38 bits per heavy atom. The maximum atomic E-state index is 10.7. The fourth-order valence-electron chi connectivity index (χ4n) is 0.797. The van der Waals surface area contributed by atoms with Gasteiger partial charge in [-0.05, 0) is 6.92 Å². The van der Waals surface area contributed by atoms with Gasteiger partial charge in [-0.3, -0.25) is 4.79 Å².